The minimum atomic E-state index is -0.269. The van der Waals surface area contributed by atoms with Crippen LogP contribution in [0.5, 0.6) is 0 Å². The average molecular weight is 307 g/mol. The fourth-order valence-corrected chi connectivity index (χ4v) is 2.06. The first-order valence-corrected chi connectivity index (χ1v) is 6.81. The molecule has 0 saturated carbocycles. The lowest BCUT2D eigenvalue weighted by atomic mass is 10.0. The number of halogens is 2. The van der Waals surface area contributed by atoms with Crippen molar-refractivity contribution in [2.24, 2.45) is 0 Å². The van der Waals surface area contributed by atoms with Crippen molar-refractivity contribution >= 4 is 34.8 Å². The van der Waals surface area contributed by atoms with Crippen molar-refractivity contribution < 1.29 is 9.59 Å². The second-order valence-electron chi connectivity index (χ2n) is 4.52. The van der Waals surface area contributed by atoms with Gasteiger partial charge in [-0.25, -0.2) is 0 Å². The van der Waals surface area contributed by atoms with E-state index in [4.69, 9.17) is 23.2 Å². The Hall–Kier alpha value is -1.64. The van der Waals surface area contributed by atoms with Crippen molar-refractivity contribution in [2.75, 3.05) is 0 Å². The molecule has 0 bridgehead atoms. The molecule has 0 aliphatic carbocycles. The van der Waals surface area contributed by atoms with Gasteiger partial charge in [-0.1, -0.05) is 53.0 Å². The summed E-state index contributed by atoms with van der Waals surface area (Å²) in [6.45, 7) is 1.94. The van der Waals surface area contributed by atoms with Gasteiger partial charge < -0.3 is 0 Å². The Morgan fingerprint density at radius 2 is 1.40 bits per heavy atom. The third-order valence-corrected chi connectivity index (χ3v) is 3.68. The molecule has 2 rings (SSSR count). The molecule has 0 amide bonds. The molecular weight excluding hydrogens is 295 g/mol. The first-order valence-electron chi connectivity index (χ1n) is 6.05. The predicted molar refractivity (Wildman–Crippen MR) is 80.9 cm³/mol. The molecule has 0 atom stereocenters. The largest absolute Gasteiger partial charge is 0.294 e. The maximum atomic E-state index is 12.0. The van der Waals surface area contributed by atoms with Crippen molar-refractivity contribution in [3.05, 3.63) is 69.2 Å². The highest BCUT2D eigenvalue weighted by Crippen LogP contribution is 2.23. The normalized spacial score (nSPS) is 10.3. The summed E-state index contributed by atoms with van der Waals surface area (Å²) in [5.74, 6) is -0.477. The smallest absolute Gasteiger partial charge is 0.170 e. The van der Waals surface area contributed by atoms with E-state index in [0.717, 1.165) is 5.56 Å². The number of carbonyl (C=O) groups is 2. The van der Waals surface area contributed by atoms with Crippen LogP contribution < -0.4 is 0 Å². The summed E-state index contributed by atoms with van der Waals surface area (Å²) < 4.78 is 0. The topological polar surface area (TPSA) is 34.1 Å². The third-order valence-electron chi connectivity index (χ3n) is 2.94. The fourth-order valence-electron chi connectivity index (χ4n) is 1.76. The molecule has 0 aliphatic rings. The molecule has 2 nitrogen and oxygen atoms in total. The molecule has 0 unspecified atom stereocenters. The summed E-state index contributed by atoms with van der Waals surface area (Å²) in [5, 5.41) is 0.688. The number of ketones is 2. The van der Waals surface area contributed by atoms with Gasteiger partial charge in [0, 0.05) is 11.1 Å². The van der Waals surface area contributed by atoms with Gasteiger partial charge in [0.2, 0.25) is 0 Å². The lowest BCUT2D eigenvalue weighted by molar-refractivity contribution is 0.0894. The molecule has 0 fully saturated rings. The number of benzene rings is 2. The summed E-state index contributed by atoms with van der Waals surface area (Å²) in [5.41, 5.74) is 1.99. The number of hydrogen-bond donors (Lipinski definition) is 0. The van der Waals surface area contributed by atoms with Crippen molar-refractivity contribution in [2.45, 2.75) is 13.3 Å². The zero-order chi connectivity index (χ0) is 14.7. The summed E-state index contributed by atoms with van der Waals surface area (Å²) in [6, 6.07) is 11.7. The highest BCUT2D eigenvalue weighted by atomic mass is 35.5. The minimum Gasteiger partial charge on any atom is -0.294 e. The summed E-state index contributed by atoms with van der Waals surface area (Å²) in [6.07, 6.45) is -0.180. The molecule has 2 aromatic carbocycles. The molecule has 0 saturated heterocycles. The van der Waals surface area contributed by atoms with E-state index in [9.17, 15) is 9.59 Å². The zero-order valence-corrected chi connectivity index (χ0v) is 12.3. The zero-order valence-electron chi connectivity index (χ0n) is 10.8. The van der Waals surface area contributed by atoms with Crippen LogP contribution in [0, 0.1) is 6.92 Å². The summed E-state index contributed by atoms with van der Waals surface area (Å²) >= 11 is 11.7. The van der Waals surface area contributed by atoms with Crippen molar-refractivity contribution in [3.63, 3.8) is 0 Å². The Balaban J connectivity index is 2.13. The van der Waals surface area contributed by atoms with Gasteiger partial charge >= 0.3 is 0 Å². The second kappa shape index (κ2) is 6.21. The van der Waals surface area contributed by atoms with E-state index in [-0.39, 0.29) is 18.0 Å². The molecule has 0 spiro atoms. The second-order valence-corrected chi connectivity index (χ2v) is 5.33. The van der Waals surface area contributed by atoms with Gasteiger partial charge in [0.1, 0.15) is 0 Å². The Labute approximate surface area is 127 Å². The summed E-state index contributed by atoms with van der Waals surface area (Å²) in [4.78, 5) is 24.0. The average Bonchev–Trinajstić information content (AvgIpc) is 2.42. The minimum absolute atomic E-state index is 0.180. The number of carbonyl (C=O) groups excluding carboxylic acids is 2. The third kappa shape index (κ3) is 3.47. The van der Waals surface area contributed by atoms with Gasteiger partial charge in [-0.3, -0.25) is 9.59 Å². The maximum Gasteiger partial charge on any atom is 0.170 e. The van der Waals surface area contributed by atoms with Crippen LogP contribution in [0.1, 0.15) is 32.7 Å². The monoisotopic (exact) mass is 306 g/mol. The van der Waals surface area contributed by atoms with Gasteiger partial charge in [-0.05, 0) is 25.1 Å². The molecule has 0 heterocycles. The van der Waals surface area contributed by atoms with Crippen molar-refractivity contribution in [1.82, 2.24) is 0 Å². The lowest BCUT2D eigenvalue weighted by Crippen LogP contribution is -2.08. The molecule has 0 radical (unpaired) electrons. The molecule has 0 aromatic heterocycles. The first-order chi connectivity index (χ1) is 9.47. The Bertz CT molecular complexity index is 661. The summed E-state index contributed by atoms with van der Waals surface area (Å²) in [7, 11) is 0. The van der Waals surface area contributed by atoms with E-state index < -0.39 is 0 Å². The molecule has 102 valence electrons. The Kier molecular flexibility index (Phi) is 4.58. The van der Waals surface area contributed by atoms with Crippen LogP contribution in [-0.4, -0.2) is 11.6 Å². The quantitative estimate of drug-likeness (QED) is 0.603. The molecule has 4 heteroatoms. The lowest BCUT2D eigenvalue weighted by Gasteiger charge is -2.03. The first kappa shape index (κ1) is 14.8. The van der Waals surface area contributed by atoms with E-state index >= 15 is 0 Å². The molecule has 2 aromatic rings. The van der Waals surface area contributed by atoms with Crippen LogP contribution in [0.25, 0.3) is 0 Å². The van der Waals surface area contributed by atoms with E-state index in [2.05, 4.69) is 0 Å². The maximum absolute atomic E-state index is 12.0. The van der Waals surface area contributed by atoms with Gasteiger partial charge in [-0.15, -0.1) is 0 Å². The van der Waals surface area contributed by atoms with E-state index in [0.29, 0.717) is 21.2 Å². The van der Waals surface area contributed by atoms with Gasteiger partial charge in [0.15, 0.2) is 11.6 Å². The number of aryl methyl sites for hydroxylation is 1. The Morgan fingerprint density at radius 3 is 2.00 bits per heavy atom. The number of hydrogen-bond acceptors (Lipinski definition) is 2. The fraction of sp³-hybridized carbons (Fsp3) is 0.125. The Morgan fingerprint density at radius 1 is 0.850 bits per heavy atom. The van der Waals surface area contributed by atoms with Crippen LogP contribution in [0.4, 0.5) is 0 Å². The number of Topliss-reactive ketones (excluding diaryl/α,β-unsaturated/α-hetero) is 2. The molecule has 0 aliphatic heterocycles. The van der Waals surface area contributed by atoms with Gasteiger partial charge in [0.25, 0.3) is 0 Å². The number of rotatable bonds is 4. The highest BCUT2D eigenvalue weighted by molar-refractivity contribution is 6.42. The van der Waals surface area contributed by atoms with Crippen LogP contribution in [0.15, 0.2) is 42.5 Å². The van der Waals surface area contributed by atoms with Gasteiger partial charge in [0.05, 0.1) is 16.5 Å². The SMILES string of the molecule is Cc1ccc(C(=O)CC(=O)c2ccc(Cl)c(Cl)c2)cc1. The van der Waals surface area contributed by atoms with Crippen LogP contribution in [0.3, 0.4) is 0 Å². The van der Waals surface area contributed by atoms with Crippen LogP contribution in [0.2, 0.25) is 10.0 Å². The van der Waals surface area contributed by atoms with Crippen molar-refractivity contribution in [1.29, 1.82) is 0 Å². The molecule has 20 heavy (non-hydrogen) atoms. The standard InChI is InChI=1S/C16H12Cl2O2/c1-10-2-4-11(5-3-10)15(19)9-16(20)12-6-7-13(17)14(18)8-12/h2-8H,9H2,1H3. The predicted octanol–water partition coefficient (Wildman–Crippen LogP) is 4.76. The molecular formula is C16H12Cl2O2. The highest BCUT2D eigenvalue weighted by Gasteiger charge is 2.14. The molecule has 0 N–H and O–H groups in total. The van der Waals surface area contributed by atoms with E-state index in [1.165, 1.54) is 6.07 Å². The van der Waals surface area contributed by atoms with Crippen molar-refractivity contribution in [3.8, 4) is 0 Å². The van der Waals surface area contributed by atoms with E-state index in [1.54, 1.807) is 24.3 Å². The van der Waals surface area contributed by atoms with Gasteiger partial charge in [-0.2, -0.15) is 0 Å². The van der Waals surface area contributed by atoms with Crippen LogP contribution in [-0.2, 0) is 0 Å². The van der Waals surface area contributed by atoms with E-state index in [1.807, 2.05) is 19.1 Å². The van der Waals surface area contributed by atoms with Crippen LogP contribution >= 0.6 is 23.2 Å².